The molecule has 65 heavy (non-hydrogen) atoms. The summed E-state index contributed by atoms with van der Waals surface area (Å²) in [6.07, 6.45) is 14.6. The monoisotopic (exact) mass is 866 g/mol. The molecule has 8 aromatic rings. The van der Waals surface area contributed by atoms with Gasteiger partial charge in [-0.1, -0.05) is 222 Å². The maximum absolute atomic E-state index is 2.50. The molecule has 0 atom stereocenters. The van der Waals surface area contributed by atoms with E-state index in [9.17, 15) is 0 Å². The molecule has 0 radical (unpaired) electrons. The summed E-state index contributed by atoms with van der Waals surface area (Å²) in [7, 11) is -3.14. The fraction of sp³-hybridized carbons (Fsp3) is 0.175. The Morgan fingerprint density at radius 3 is 1.11 bits per heavy atom. The van der Waals surface area contributed by atoms with Crippen LogP contribution in [0.15, 0.2) is 170 Å². The Morgan fingerprint density at radius 2 is 0.677 bits per heavy atom. The van der Waals surface area contributed by atoms with Gasteiger partial charge in [-0.3, -0.25) is 0 Å². The van der Waals surface area contributed by atoms with Gasteiger partial charge in [-0.05, 0) is 146 Å². The van der Waals surface area contributed by atoms with Crippen LogP contribution in [0.2, 0.25) is 24.2 Å². The number of hydrogen-bond donors (Lipinski definition) is 0. The van der Waals surface area contributed by atoms with E-state index in [0.717, 1.165) is 0 Å². The number of hydrogen-bond acceptors (Lipinski definition) is 0. The van der Waals surface area contributed by atoms with Crippen molar-refractivity contribution in [3.8, 4) is 55.6 Å². The van der Waals surface area contributed by atoms with Crippen LogP contribution < -0.4 is 20.7 Å². The first kappa shape index (κ1) is 39.1. The van der Waals surface area contributed by atoms with Crippen LogP contribution in [0.1, 0.15) is 72.9 Å². The van der Waals surface area contributed by atoms with Crippen LogP contribution in [0.5, 0.6) is 0 Å². The SMILES string of the molecule is CC1(C)c2cc(/C=C/c3ccc(-c4ccc5c(c4)-c4ccccc4[Si]54CCCC4)cc3)ccc2-c2ccc(/C=C/c3ccc(-c4ccc5c(c4)-c4ccccc4[Si]54CCCC4)cc3)cc21. The molecule has 0 N–H and O–H groups in total. The Kier molecular flexibility index (Phi) is 8.93. The Morgan fingerprint density at radius 1 is 0.323 bits per heavy atom. The fourth-order valence-electron chi connectivity index (χ4n) is 13.3. The third kappa shape index (κ3) is 6.07. The van der Waals surface area contributed by atoms with Gasteiger partial charge in [0.1, 0.15) is 16.1 Å². The van der Waals surface area contributed by atoms with Gasteiger partial charge in [0, 0.05) is 5.41 Å². The third-order valence-electron chi connectivity index (χ3n) is 16.6. The van der Waals surface area contributed by atoms with Crippen LogP contribution in [-0.4, -0.2) is 16.1 Å². The van der Waals surface area contributed by atoms with Gasteiger partial charge < -0.3 is 0 Å². The van der Waals surface area contributed by atoms with Crippen molar-refractivity contribution in [3.63, 3.8) is 0 Å². The van der Waals surface area contributed by atoms with Gasteiger partial charge >= 0.3 is 0 Å². The van der Waals surface area contributed by atoms with Crippen molar-refractivity contribution in [2.75, 3.05) is 0 Å². The Bertz CT molecular complexity index is 3060. The molecule has 13 rings (SSSR count). The zero-order valence-corrected chi connectivity index (χ0v) is 39.6. The van der Waals surface area contributed by atoms with Gasteiger partial charge in [0.2, 0.25) is 0 Å². The standard InChI is InChI=1S/C63H54Si2/c1-63(2)57-39-45(17-15-43-19-25-47(26-20-43)49-29-33-61-55(41-49)53-11-3-5-13-59(53)64(61)35-7-8-36-64)23-31-51(57)52-32-24-46(40-58(52)63)18-16-44-21-27-48(28-22-44)50-30-34-62-56(42-50)54-12-4-6-14-60(54)65(62)37-9-10-38-65/h3-6,11-34,39-42H,7-10,35-38H2,1-2H3/b17-15+,18-16+. The van der Waals surface area contributed by atoms with Gasteiger partial charge in [0.25, 0.3) is 0 Å². The summed E-state index contributed by atoms with van der Waals surface area (Å²) in [6, 6.07) is 71.4. The maximum Gasteiger partial charge on any atom is 0.119 e. The predicted octanol–water partition coefficient (Wildman–Crippen LogP) is 14.3. The molecule has 4 heterocycles. The Hall–Kier alpha value is -6.33. The van der Waals surface area contributed by atoms with E-state index in [-0.39, 0.29) is 5.41 Å². The highest BCUT2D eigenvalue weighted by Crippen LogP contribution is 2.50. The number of rotatable bonds is 6. The molecule has 2 saturated heterocycles. The normalized spacial score (nSPS) is 17.4. The summed E-state index contributed by atoms with van der Waals surface area (Å²) in [5.74, 6) is 0. The van der Waals surface area contributed by atoms with Crippen molar-refractivity contribution in [2.45, 2.75) is 69.1 Å². The molecule has 0 saturated carbocycles. The summed E-state index contributed by atoms with van der Waals surface area (Å²) < 4.78 is 0. The average Bonchev–Trinajstić information content (AvgIpc) is 4.19. The molecule has 1 aliphatic carbocycles. The summed E-state index contributed by atoms with van der Waals surface area (Å²) in [5.41, 5.74) is 21.6. The van der Waals surface area contributed by atoms with E-state index in [1.54, 1.807) is 20.7 Å². The van der Waals surface area contributed by atoms with E-state index in [0.29, 0.717) is 0 Å². The van der Waals surface area contributed by atoms with Gasteiger partial charge in [-0.2, -0.15) is 0 Å². The van der Waals surface area contributed by atoms with E-state index in [1.165, 1.54) is 139 Å². The molecule has 0 bridgehead atoms. The molecule has 0 aromatic heterocycles. The molecular formula is C63H54Si2. The van der Waals surface area contributed by atoms with E-state index >= 15 is 0 Å². The van der Waals surface area contributed by atoms with Crippen LogP contribution in [-0.2, 0) is 5.41 Å². The molecule has 2 heteroatoms. The van der Waals surface area contributed by atoms with E-state index in [2.05, 4.69) is 208 Å². The molecule has 0 amide bonds. The van der Waals surface area contributed by atoms with E-state index in [1.807, 2.05) is 0 Å². The quantitative estimate of drug-likeness (QED) is 0.115. The van der Waals surface area contributed by atoms with Crippen LogP contribution in [0.3, 0.4) is 0 Å². The topological polar surface area (TPSA) is 0 Å². The average molecular weight is 867 g/mol. The summed E-state index contributed by atoms with van der Waals surface area (Å²) >= 11 is 0. The van der Waals surface area contributed by atoms with Crippen molar-refractivity contribution in [1.82, 2.24) is 0 Å². The molecule has 2 spiro atoms. The second-order valence-electron chi connectivity index (χ2n) is 20.3. The summed E-state index contributed by atoms with van der Waals surface area (Å²) in [4.78, 5) is 0. The second kappa shape index (κ2) is 14.9. The van der Waals surface area contributed by atoms with Crippen molar-refractivity contribution in [3.05, 3.63) is 203 Å². The van der Waals surface area contributed by atoms with Gasteiger partial charge in [-0.25, -0.2) is 0 Å². The van der Waals surface area contributed by atoms with Crippen molar-refractivity contribution in [1.29, 1.82) is 0 Å². The molecule has 4 aliphatic heterocycles. The minimum absolute atomic E-state index is 0.0891. The van der Waals surface area contributed by atoms with E-state index < -0.39 is 16.1 Å². The molecule has 0 unspecified atom stereocenters. The second-order valence-corrected chi connectivity index (χ2v) is 28.8. The number of benzene rings is 8. The Labute approximate surface area is 387 Å². The first-order valence-corrected chi connectivity index (χ1v) is 29.1. The van der Waals surface area contributed by atoms with Crippen molar-refractivity contribution < 1.29 is 0 Å². The Balaban J connectivity index is 0.703. The van der Waals surface area contributed by atoms with Crippen LogP contribution >= 0.6 is 0 Å². The van der Waals surface area contributed by atoms with Gasteiger partial charge in [0.15, 0.2) is 0 Å². The summed E-state index contributed by atoms with van der Waals surface area (Å²) in [5, 5.41) is 6.75. The fourth-order valence-corrected chi connectivity index (χ4v) is 24.5. The van der Waals surface area contributed by atoms with Crippen molar-refractivity contribution >= 4 is 61.2 Å². The maximum atomic E-state index is 2.50. The zero-order chi connectivity index (χ0) is 43.3. The van der Waals surface area contributed by atoms with Crippen LogP contribution in [0.4, 0.5) is 0 Å². The molecule has 5 aliphatic rings. The lowest BCUT2D eigenvalue weighted by molar-refractivity contribution is 0.660. The minimum Gasteiger partial charge on any atom is -0.0623 e. The lowest BCUT2D eigenvalue weighted by atomic mass is 9.81. The molecule has 0 nitrogen and oxygen atoms in total. The molecule has 314 valence electrons. The first-order valence-electron chi connectivity index (χ1n) is 24.2. The molecule has 2 fully saturated rings. The van der Waals surface area contributed by atoms with Crippen LogP contribution in [0, 0.1) is 0 Å². The van der Waals surface area contributed by atoms with E-state index in [4.69, 9.17) is 0 Å². The zero-order valence-electron chi connectivity index (χ0n) is 37.6. The highest BCUT2D eigenvalue weighted by molar-refractivity contribution is 7.06. The smallest absolute Gasteiger partial charge is 0.0623 e. The van der Waals surface area contributed by atoms with Gasteiger partial charge in [0.05, 0.1) is 0 Å². The highest BCUT2D eigenvalue weighted by atomic mass is 28.3. The number of fused-ring (bicyclic) bond motifs is 13. The molecular weight excluding hydrogens is 813 g/mol. The third-order valence-corrected chi connectivity index (χ3v) is 27.3. The van der Waals surface area contributed by atoms with Crippen molar-refractivity contribution in [2.24, 2.45) is 0 Å². The van der Waals surface area contributed by atoms with Crippen LogP contribution in [0.25, 0.3) is 79.9 Å². The lowest BCUT2D eigenvalue weighted by Crippen LogP contribution is -2.52. The predicted molar refractivity (Wildman–Crippen MR) is 284 cm³/mol. The highest BCUT2D eigenvalue weighted by Gasteiger charge is 2.48. The summed E-state index contributed by atoms with van der Waals surface area (Å²) in [6.45, 7) is 4.77. The molecule has 8 aromatic carbocycles. The first-order chi connectivity index (χ1) is 31.9. The largest absolute Gasteiger partial charge is 0.119 e. The lowest BCUT2D eigenvalue weighted by Gasteiger charge is -2.23. The van der Waals surface area contributed by atoms with Gasteiger partial charge in [-0.15, -0.1) is 0 Å². The minimum atomic E-state index is -1.57.